The van der Waals surface area contributed by atoms with Crippen molar-refractivity contribution in [2.45, 2.75) is 37.6 Å². The summed E-state index contributed by atoms with van der Waals surface area (Å²) in [5, 5.41) is 0.851. The second-order valence-corrected chi connectivity index (χ2v) is 14.4. The van der Waals surface area contributed by atoms with Crippen LogP contribution in [0.3, 0.4) is 0 Å². The van der Waals surface area contributed by atoms with Gasteiger partial charge in [-0.1, -0.05) is 47.5 Å². The number of carbonyl (C=O) groups excluding carboxylic acids is 2. The number of hydrogen-bond acceptors (Lipinski definition) is 7. The van der Waals surface area contributed by atoms with Gasteiger partial charge in [0.15, 0.2) is 17.3 Å². The summed E-state index contributed by atoms with van der Waals surface area (Å²) >= 11 is 12.6. The SMILES string of the molecule is O=C(c1nc2ccccc2n1Cc1ccccn1)C1CCN(CCC2(c3ccc4c(c3)OCO4)CCN(C(=O)c3ccc(Cl)cc3Cl)C2)CC1. The van der Waals surface area contributed by atoms with E-state index in [4.69, 9.17) is 37.7 Å². The van der Waals surface area contributed by atoms with Crippen LogP contribution in [0.2, 0.25) is 10.0 Å². The first-order valence-electron chi connectivity index (χ1n) is 17.1. The topological polar surface area (TPSA) is 89.8 Å². The molecule has 0 bridgehead atoms. The Balaban J connectivity index is 0.971. The second kappa shape index (κ2) is 13.7. The van der Waals surface area contributed by atoms with Gasteiger partial charge < -0.3 is 23.8 Å². The Bertz CT molecular complexity index is 2060. The van der Waals surface area contributed by atoms with Gasteiger partial charge in [-0.05, 0) is 105 Å². The number of rotatable bonds is 9. The summed E-state index contributed by atoms with van der Waals surface area (Å²) in [7, 11) is 0. The lowest BCUT2D eigenvalue weighted by molar-refractivity contribution is 0.0779. The molecule has 1 unspecified atom stereocenters. The molecule has 0 radical (unpaired) electrons. The van der Waals surface area contributed by atoms with Gasteiger partial charge in [-0.2, -0.15) is 0 Å². The van der Waals surface area contributed by atoms with Crippen LogP contribution >= 0.6 is 23.2 Å². The summed E-state index contributed by atoms with van der Waals surface area (Å²) in [6.45, 7) is 4.35. The number of hydrogen-bond donors (Lipinski definition) is 0. The van der Waals surface area contributed by atoms with E-state index in [0.29, 0.717) is 41.1 Å². The molecular formula is C39H37Cl2N5O4. The number of ether oxygens (including phenoxy) is 2. The first-order chi connectivity index (χ1) is 24.4. The number of amides is 1. The van der Waals surface area contributed by atoms with E-state index in [-0.39, 0.29) is 29.8 Å². The Morgan fingerprint density at radius 3 is 2.54 bits per heavy atom. The minimum absolute atomic E-state index is 0.0947. The minimum atomic E-state index is -0.279. The lowest BCUT2D eigenvalue weighted by Gasteiger charge is -2.36. The number of likely N-dealkylation sites (tertiary alicyclic amines) is 2. The molecule has 8 rings (SSSR count). The zero-order valence-electron chi connectivity index (χ0n) is 27.6. The zero-order valence-corrected chi connectivity index (χ0v) is 29.1. The number of benzene rings is 3. The van der Waals surface area contributed by atoms with Crippen LogP contribution in [0.4, 0.5) is 0 Å². The van der Waals surface area contributed by atoms with Crippen molar-refractivity contribution < 1.29 is 19.1 Å². The number of pyridine rings is 1. The Labute approximate surface area is 300 Å². The predicted octanol–water partition coefficient (Wildman–Crippen LogP) is 7.28. The summed E-state index contributed by atoms with van der Waals surface area (Å²) in [5.74, 6) is 1.89. The molecule has 0 N–H and O–H groups in total. The highest BCUT2D eigenvalue weighted by Gasteiger charge is 2.43. The van der Waals surface area contributed by atoms with Gasteiger partial charge in [-0.25, -0.2) is 4.98 Å². The molecule has 50 heavy (non-hydrogen) atoms. The van der Waals surface area contributed by atoms with Crippen molar-refractivity contribution in [3.8, 4) is 11.5 Å². The number of ketones is 1. The molecule has 256 valence electrons. The maximum Gasteiger partial charge on any atom is 0.255 e. The van der Waals surface area contributed by atoms with Crippen LogP contribution in [0.15, 0.2) is 85.1 Å². The third-order valence-electron chi connectivity index (χ3n) is 10.6. The Morgan fingerprint density at radius 2 is 1.72 bits per heavy atom. The molecule has 5 aromatic rings. The first kappa shape index (κ1) is 32.7. The summed E-state index contributed by atoms with van der Waals surface area (Å²) in [4.78, 5) is 41.4. The van der Waals surface area contributed by atoms with Gasteiger partial charge in [0.1, 0.15) is 0 Å². The van der Waals surface area contributed by atoms with Crippen LogP contribution in [0, 0.1) is 5.92 Å². The van der Waals surface area contributed by atoms with Crippen LogP contribution in [0.5, 0.6) is 11.5 Å². The predicted molar refractivity (Wildman–Crippen MR) is 192 cm³/mol. The van der Waals surface area contributed by atoms with E-state index in [1.807, 2.05) is 58.0 Å². The monoisotopic (exact) mass is 709 g/mol. The number of para-hydroxylation sites is 2. The van der Waals surface area contributed by atoms with Gasteiger partial charge in [-0.15, -0.1) is 0 Å². The summed E-state index contributed by atoms with van der Waals surface area (Å²) < 4.78 is 13.4. The molecule has 2 fully saturated rings. The highest BCUT2D eigenvalue weighted by Crippen LogP contribution is 2.43. The number of nitrogens with zero attached hydrogens (tertiary/aromatic N) is 5. The number of halogens is 2. The zero-order chi connectivity index (χ0) is 34.2. The number of piperidine rings is 1. The maximum atomic E-state index is 14.0. The smallest absolute Gasteiger partial charge is 0.255 e. The lowest BCUT2D eigenvalue weighted by atomic mass is 9.76. The van der Waals surface area contributed by atoms with Crippen LogP contribution < -0.4 is 9.47 Å². The molecule has 11 heteroatoms. The van der Waals surface area contributed by atoms with Crippen molar-refractivity contribution in [2.75, 3.05) is 39.5 Å². The third kappa shape index (κ3) is 6.34. The third-order valence-corrected chi connectivity index (χ3v) is 11.1. The molecule has 3 aromatic carbocycles. The number of Topliss-reactive ketones (excluding diaryl/α,β-unsaturated/α-hetero) is 1. The van der Waals surface area contributed by atoms with Gasteiger partial charge >= 0.3 is 0 Å². The van der Waals surface area contributed by atoms with Crippen molar-refractivity contribution >= 4 is 45.9 Å². The molecule has 9 nitrogen and oxygen atoms in total. The number of fused-ring (bicyclic) bond motifs is 2. The fourth-order valence-corrected chi connectivity index (χ4v) is 8.23. The number of carbonyl (C=O) groups is 2. The molecule has 2 aromatic heterocycles. The van der Waals surface area contributed by atoms with E-state index >= 15 is 0 Å². The van der Waals surface area contributed by atoms with Crippen molar-refractivity contribution in [3.05, 3.63) is 118 Å². The fraction of sp³-hybridized carbons (Fsp3) is 0.333. The van der Waals surface area contributed by atoms with Crippen LogP contribution in [-0.4, -0.2) is 75.5 Å². The lowest BCUT2D eigenvalue weighted by Crippen LogP contribution is -2.41. The highest BCUT2D eigenvalue weighted by molar-refractivity contribution is 6.36. The van der Waals surface area contributed by atoms with Gasteiger partial charge in [0.05, 0.1) is 33.9 Å². The van der Waals surface area contributed by atoms with Crippen LogP contribution in [-0.2, 0) is 12.0 Å². The van der Waals surface area contributed by atoms with Gasteiger partial charge in [0.25, 0.3) is 5.91 Å². The van der Waals surface area contributed by atoms with E-state index in [9.17, 15) is 9.59 Å². The molecule has 5 heterocycles. The normalized spacial score (nSPS) is 19.4. The second-order valence-electron chi connectivity index (χ2n) is 13.5. The average Bonchev–Trinajstić information content (AvgIpc) is 3.89. The quantitative estimate of drug-likeness (QED) is 0.149. The van der Waals surface area contributed by atoms with Crippen LogP contribution in [0.1, 0.15) is 57.9 Å². The van der Waals surface area contributed by atoms with E-state index < -0.39 is 0 Å². The van der Waals surface area contributed by atoms with E-state index in [1.165, 1.54) is 0 Å². The van der Waals surface area contributed by atoms with Gasteiger partial charge in [-0.3, -0.25) is 14.6 Å². The average molecular weight is 711 g/mol. The summed E-state index contributed by atoms with van der Waals surface area (Å²) in [5.41, 5.74) is 3.96. The number of aromatic nitrogens is 3. The highest BCUT2D eigenvalue weighted by atomic mass is 35.5. The minimum Gasteiger partial charge on any atom is -0.454 e. The molecule has 0 saturated carbocycles. The maximum absolute atomic E-state index is 14.0. The molecule has 1 amide bonds. The van der Waals surface area contributed by atoms with E-state index in [0.717, 1.165) is 79.1 Å². The Kier molecular flexibility index (Phi) is 8.97. The summed E-state index contributed by atoms with van der Waals surface area (Å²) in [6.07, 6.45) is 4.97. The van der Waals surface area contributed by atoms with Crippen molar-refractivity contribution in [2.24, 2.45) is 5.92 Å². The Hall–Kier alpha value is -4.44. The van der Waals surface area contributed by atoms with Crippen molar-refractivity contribution in [3.63, 3.8) is 0 Å². The Morgan fingerprint density at radius 1 is 0.900 bits per heavy atom. The molecule has 3 aliphatic heterocycles. The van der Waals surface area contributed by atoms with Crippen LogP contribution in [0.25, 0.3) is 11.0 Å². The van der Waals surface area contributed by atoms with Gasteiger partial charge in [0.2, 0.25) is 12.6 Å². The first-order valence-corrected chi connectivity index (χ1v) is 17.9. The fourth-order valence-electron chi connectivity index (χ4n) is 7.74. The molecule has 3 aliphatic rings. The molecule has 0 aliphatic carbocycles. The van der Waals surface area contributed by atoms with Gasteiger partial charge in [0, 0.05) is 35.6 Å². The molecule has 1 atom stereocenters. The van der Waals surface area contributed by atoms with E-state index in [1.54, 1.807) is 24.4 Å². The molecule has 2 saturated heterocycles. The number of imidazole rings is 1. The van der Waals surface area contributed by atoms with Crippen molar-refractivity contribution in [1.29, 1.82) is 0 Å². The standard InChI is InChI=1S/C39H37Cl2N5O4/c40-28-9-10-30(31(41)22-28)38(48)45-20-15-39(24-45,27-8-11-34-35(21-27)50-25-49-34)14-19-44-17-12-26(13-18-44)36(47)37-43-32-6-1-2-7-33(32)46(37)23-29-5-3-4-16-42-29/h1-11,16,21-22,26H,12-15,17-20,23-25H2. The van der Waals surface area contributed by atoms with Crippen molar-refractivity contribution in [1.82, 2.24) is 24.3 Å². The summed E-state index contributed by atoms with van der Waals surface area (Å²) in [6, 6.07) is 24.9. The molecule has 0 spiro atoms. The van der Waals surface area contributed by atoms with E-state index in [2.05, 4.69) is 22.0 Å². The largest absolute Gasteiger partial charge is 0.454 e. The molecular weight excluding hydrogens is 673 g/mol.